The summed E-state index contributed by atoms with van der Waals surface area (Å²) in [7, 11) is 1.59. The molecule has 3 saturated heterocycles. The first-order valence-corrected chi connectivity index (χ1v) is 15.5. The molecule has 3 aliphatic rings. The average molecular weight is 598 g/mol. The van der Waals surface area contributed by atoms with Gasteiger partial charge < -0.3 is 25.2 Å². The lowest BCUT2D eigenvalue weighted by atomic mass is 9.77. The van der Waals surface area contributed by atoms with Gasteiger partial charge in [0.2, 0.25) is 17.7 Å². The van der Waals surface area contributed by atoms with Crippen molar-refractivity contribution in [1.29, 1.82) is 0 Å². The molecule has 4 amide bonds. The van der Waals surface area contributed by atoms with E-state index in [4.69, 9.17) is 4.74 Å². The second-order valence-corrected chi connectivity index (χ2v) is 12.3. The van der Waals surface area contributed by atoms with Crippen molar-refractivity contribution in [2.24, 2.45) is 11.8 Å². The van der Waals surface area contributed by atoms with Crippen LogP contribution in [0.2, 0.25) is 0 Å². The Morgan fingerprint density at radius 2 is 1.77 bits per heavy atom. The first kappa shape index (κ1) is 29.6. The van der Waals surface area contributed by atoms with Crippen LogP contribution in [0.3, 0.4) is 0 Å². The minimum absolute atomic E-state index is 0.0377. The summed E-state index contributed by atoms with van der Waals surface area (Å²) in [4.78, 5) is 62.4. The highest BCUT2D eigenvalue weighted by Crippen LogP contribution is 2.37. The Hall–Kier alpha value is -4.47. The predicted molar refractivity (Wildman–Crippen MR) is 165 cm³/mol. The topological polar surface area (TPSA) is 121 Å². The molecule has 2 aromatic carbocycles. The van der Waals surface area contributed by atoms with E-state index in [1.54, 1.807) is 20.1 Å². The summed E-state index contributed by atoms with van der Waals surface area (Å²) >= 11 is 0. The zero-order valence-corrected chi connectivity index (χ0v) is 25.2. The first-order chi connectivity index (χ1) is 21.3. The van der Waals surface area contributed by atoms with E-state index in [1.807, 2.05) is 64.4 Å². The molecule has 44 heavy (non-hydrogen) atoms. The van der Waals surface area contributed by atoms with Gasteiger partial charge in [-0.05, 0) is 55.7 Å². The van der Waals surface area contributed by atoms with Crippen LogP contribution in [0, 0.1) is 11.8 Å². The fourth-order valence-electron chi connectivity index (χ4n) is 7.12. The Kier molecular flexibility index (Phi) is 8.50. The molecule has 2 N–H and O–H groups in total. The number of nitrogens with zero attached hydrogens (tertiary/aromatic N) is 3. The number of aromatic nitrogens is 1. The number of methoxy groups -OCH3 is 1. The van der Waals surface area contributed by atoms with Crippen LogP contribution in [-0.2, 0) is 20.8 Å². The number of hydrogen-bond acceptors (Lipinski definition) is 6. The molecule has 3 fully saturated rings. The fraction of sp³-hybridized carbons (Fsp3) is 0.441. The maximum absolute atomic E-state index is 14.3. The summed E-state index contributed by atoms with van der Waals surface area (Å²) in [5.41, 5.74) is 1.98. The van der Waals surface area contributed by atoms with Gasteiger partial charge in [0.05, 0.1) is 12.6 Å². The molecule has 0 saturated carbocycles. The fourth-order valence-corrected chi connectivity index (χ4v) is 7.12. The summed E-state index contributed by atoms with van der Waals surface area (Å²) in [5.74, 6) is -0.0975. The van der Waals surface area contributed by atoms with E-state index in [0.29, 0.717) is 55.9 Å². The number of amides is 4. The summed E-state index contributed by atoms with van der Waals surface area (Å²) in [5, 5.41) is 6.57. The zero-order chi connectivity index (χ0) is 30.8. The normalized spacial score (nSPS) is 26.1. The van der Waals surface area contributed by atoms with Gasteiger partial charge in [-0.15, -0.1) is 0 Å². The molecule has 5 atom stereocenters. The molecule has 10 heteroatoms. The van der Waals surface area contributed by atoms with E-state index in [-0.39, 0.29) is 47.9 Å². The number of pyridine rings is 1. The Labute approximate surface area is 257 Å². The van der Waals surface area contributed by atoms with Crippen LogP contribution in [-0.4, -0.2) is 83.3 Å². The van der Waals surface area contributed by atoms with Crippen molar-refractivity contribution >= 4 is 34.5 Å². The van der Waals surface area contributed by atoms with Crippen molar-refractivity contribution in [3.05, 3.63) is 71.9 Å². The number of para-hydroxylation sites is 1. The number of piperidine rings is 2. The van der Waals surface area contributed by atoms with Crippen molar-refractivity contribution < 1.29 is 23.9 Å². The SMILES string of the molecule is COc1cc(C(=O)N2C[C@@H]3C[C@H](C2)[C@@H]2CCCC(=O)N[C@H](C)C(=O)N[C@@H](Cc4ccccc4)C(=O)N2C3)nc2ccccc12. The molecule has 230 valence electrons. The second kappa shape index (κ2) is 12.6. The maximum Gasteiger partial charge on any atom is 0.272 e. The van der Waals surface area contributed by atoms with Gasteiger partial charge in [0.1, 0.15) is 23.5 Å². The molecule has 3 aliphatic heterocycles. The molecule has 6 rings (SSSR count). The lowest BCUT2D eigenvalue weighted by molar-refractivity contribution is -0.145. The standard InChI is InChI=1S/C34H39N5O5/c1-21-32(41)37-27(16-22-9-4-3-5-10-22)34(43)39-19-23-15-24(29(39)13-8-14-31(40)35-21)20-38(18-23)33(42)28-17-30(44-2)25-11-6-7-12-26(25)36-28/h3-7,9-12,17,21,23-24,27,29H,8,13-16,18-20H2,1-2H3,(H,35,40)(H,37,41)/t21-,23+,24-,27+,29+/m1/s1. The summed E-state index contributed by atoms with van der Waals surface area (Å²) in [6, 6.07) is 17.3. The Bertz CT molecular complexity index is 1560. The third kappa shape index (κ3) is 6.11. The van der Waals surface area contributed by atoms with E-state index in [0.717, 1.165) is 17.4 Å². The van der Waals surface area contributed by atoms with E-state index < -0.39 is 12.1 Å². The molecule has 0 radical (unpaired) electrons. The average Bonchev–Trinajstić information content (AvgIpc) is 3.03. The minimum atomic E-state index is -0.767. The van der Waals surface area contributed by atoms with Crippen LogP contribution in [0.5, 0.6) is 5.75 Å². The number of fused-ring (bicyclic) bond motifs is 5. The van der Waals surface area contributed by atoms with Crippen LogP contribution >= 0.6 is 0 Å². The molecule has 4 heterocycles. The third-order valence-electron chi connectivity index (χ3n) is 9.23. The van der Waals surface area contributed by atoms with E-state index in [2.05, 4.69) is 15.6 Å². The van der Waals surface area contributed by atoms with Gasteiger partial charge in [-0.3, -0.25) is 19.2 Å². The third-order valence-corrected chi connectivity index (χ3v) is 9.23. The Balaban J connectivity index is 1.27. The molecule has 0 spiro atoms. The van der Waals surface area contributed by atoms with E-state index >= 15 is 0 Å². The highest BCUT2D eigenvalue weighted by molar-refractivity contribution is 5.97. The highest BCUT2D eigenvalue weighted by atomic mass is 16.5. The number of likely N-dealkylation sites (tertiary alicyclic amines) is 1. The Morgan fingerprint density at radius 3 is 2.57 bits per heavy atom. The van der Waals surface area contributed by atoms with Gasteiger partial charge in [0.25, 0.3) is 5.91 Å². The van der Waals surface area contributed by atoms with Crippen molar-refractivity contribution in [2.75, 3.05) is 26.7 Å². The lowest BCUT2D eigenvalue weighted by Gasteiger charge is -2.51. The number of benzene rings is 2. The van der Waals surface area contributed by atoms with Crippen LogP contribution in [0.25, 0.3) is 10.9 Å². The summed E-state index contributed by atoms with van der Waals surface area (Å²) < 4.78 is 5.59. The number of ether oxygens (including phenoxy) is 1. The molecule has 1 aromatic heterocycles. The largest absolute Gasteiger partial charge is 0.496 e. The number of carbonyl (C=O) groups is 4. The van der Waals surface area contributed by atoms with E-state index in [9.17, 15) is 19.2 Å². The monoisotopic (exact) mass is 597 g/mol. The molecule has 0 aliphatic carbocycles. The molecule has 10 nitrogen and oxygen atoms in total. The Morgan fingerprint density at radius 1 is 1.00 bits per heavy atom. The second-order valence-electron chi connectivity index (χ2n) is 12.3. The van der Waals surface area contributed by atoms with Crippen molar-refractivity contribution in [1.82, 2.24) is 25.4 Å². The van der Waals surface area contributed by atoms with Gasteiger partial charge in [-0.1, -0.05) is 42.5 Å². The minimum Gasteiger partial charge on any atom is -0.496 e. The zero-order valence-electron chi connectivity index (χ0n) is 25.2. The molecule has 0 unspecified atom stereocenters. The molecule has 3 aromatic rings. The van der Waals surface area contributed by atoms with Crippen LogP contribution in [0.15, 0.2) is 60.7 Å². The van der Waals surface area contributed by atoms with E-state index in [1.165, 1.54) is 0 Å². The van der Waals surface area contributed by atoms with Crippen molar-refractivity contribution in [3.63, 3.8) is 0 Å². The number of rotatable bonds is 4. The van der Waals surface area contributed by atoms with Gasteiger partial charge in [0.15, 0.2) is 0 Å². The van der Waals surface area contributed by atoms with Gasteiger partial charge in [0, 0.05) is 50.0 Å². The number of nitrogens with one attached hydrogen (secondary N) is 2. The van der Waals surface area contributed by atoms with Crippen LogP contribution in [0.1, 0.15) is 48.7 Å². The number of hydrogen-bond donors (Lipinski definition) is 2. The first-order valence-electron chi connectivity index (χ1n) is 15.5. The maximum atomic E-state index is 14.3. The predicted octanol–water partition coefficient (Wildman–Crippen LogP) is 2.95. The highest BCUT2D eigenvalue weighted by Gasteiger charge is 2.45. The van der Waals surface area contributed by atoms with Crippen LogP contribution < -0.4 is 15.4 Å². The molecular formula is C34H39N5O5. The van der Waals surface area contributed by atoms with Gasteiger partial charge in [-0.25, -0.2) is 4.98 Å². The summed E-state index contributed by atoms with van der Waals surface area (Å²) in [6.45, 7) is 3.13. The van der Waals surface area contributed by atoms with Crippen LogP contribution in [0.4, 0.5) is 0 Å². The lowest BCUT2D eigenvalue weighted by Crippen LogP contribution is -2.64. The molecule has 2 bridgehead atoms. The van der Waals surface area contributed by atoms with Gasteiger partial charge in [-0.2, -0.15) is 0 Å². The van der Waals surface area contributed by atoms with Gasteiger partial charge >= 0.3 is 0 Å². The molecular weight excluding hydrogens is 558 g/mol. The quantitative estimate of drug-likeness (QED) is 0.477. The summed E-state index contributed by atoms with van der Waals surface area (Å²) in [6.07, 6.45) is 2.73. The van der Waals surface area contributed by atoms with Crippen molar-refractivity contribution in [2.45, 2.75) is 57.2 Å². The number of carbonyl (C=O) groups excluding carboxylic acids is 4. The smallest absolute Gasteiger partial charge is 0.272 e. The van der Waals surface area contributed by atoms with Crippen molar-refractivity contribution in [3.8, 4) is 5.75 Å².